The van der Waals surface area contributed by atoms with Crippen molar-refractivity contribution in [3.05, 3.63) is 42.1 Å². The largest absolute Gasteiger partial charge is 0.352 e. The van der Waals surface area contributed by atoms with Gasteiger partial charge in [-0.3, -0.25) is 19.1 Å². The Morgan fingerprint density at radius 1 is 1.48 bits per heavy atom. The minimum absolute atomic E-state index is 0.0502. The van der Waals surface area contributed by atoms with Crippen LogP contribution in [-0.4, -0.2) is 53.1 Å². The van der Waals surface area contributed by atoms with E-state index in [2.05, 4.69) is 15.2 Å². The lowest BCUT2D eigenvalue weighted by Gasteiger charge is -2.29. The molecule has 2 heterocycles. The van der Waals surface area contributed by atoms with Gasteiger partial charge < -0.3 is 11.1 Å². The molecule has 1 aliphatic heterocycles. The van der Waals surface area contributed by atoms with Gasteiger partial charge in [0, 0.05) is 43.1 Å². The first-order valence-electron chi connectivity index (χ1n) is 9.33. The number of likely N-dealkylation sites (tertiary alicyclic amines) is 1. The van der Waals surface area contributed by atoms with Crippen molar-refractivity contribution in [2.24, 2.45) is 23.5 Å². The van der Waals surface area contributed by atoms with E-state index in [1.165, 1.54) is 0 Å². The number of piperidine rings is 1. The molecule has 1 amide bonds. The van der Waals surface area contributed by atoms with Gasteiger partial charge >= 0.3 is 0 Å². The molecule has 7 heteroatoms. The Hall–Kier alpha value is -1.76. The van der Waals surface area contributed by atoms with Crippen LogP contribution >= 0.6 is 11.6 Å². The van der Waals surface area contributed by atoms with E-state index in [4.69, 9.17) is 17.3 Å². The molecule has 2 aliphatic rings. The van der Waals surface area contributed by atoms with E-state index >= 15 is 0 Å². The summed E-state index contributed by atoms with van der Waals surface area (Å²) in [6, 6.07) is 9.35. The zero-order chi connectivity index (χ0) is 19.2. The predicted molar refractivity (Wildman–Crippen MR) is 104 cm³/mol. The average Bonchev–Trinajstić information content (AvgIpc) is 3.17. The van der Waals surface area contributed by atoms with Crippen LogP contribution in [0.1, 0.15) is 17.3 Å². The number of carbonyl (C=O) groups excluding carboxylic acids is 1. The third-order valence-corrected chi connectivity index (χ3v) is 6.74. The third-order valence-electron chi connectivity index (χ3n) is 5.96. The number of hydrogen-bond donors (Lipinski definition) is 2. The van der Waals surface area contributed by atoms with Crippen molar-refractivity contribution in [3.8, 4) is 0 Å². The normalized spacial score (nSPS) is 30.9. The molecule has 1 aromatic carbocycles. The highest BCUT2D eigenvalue weighted by atomic mass is 35.5. The van der Waals surface area contributed by atoms with Crippen molar-refractivity contribution in [2.75, 3.05) is 26.3 Å². The summed E-state index contributed by atoms with van der Waals surface area (Å²) in [5.74, 6) is 0.164. The number of aromatic nitrogens is 1. The van der Waals surface area contributed by atoms with E-state index < -0.39 is 4.87 Å². The maximum atomic E-state index is 12.8. The third kappa shape index (κ3) is 3.10. The average molecular weight is 391 g/mol. The Kier molecular flexibility index (Phi) is 4.82. The smallest absolute Gasteiger partial charge is 0.253 e. The number of alkyl halides is 2. The summed E-state index contributed by atoms with van der Waals surface area (Å²) in [4.78, 5) is 18.5. The first kappa shape index (κ1) is 18.6. The maximum Gasteiger partial charge on any atom is 0.253 e. The minimum atomic E-state index is -0.527. The number of hydrogen-bond acceptors (Lipinski definition) is 4. The van der Waals surface area contributed by atoms with Crippen LogP contribution in [-0.2, 0) is 0 Å². The number of carbonyl (C=O) groups is 1. The predicted octanol–water partition coefficient (Wildman–Crippen LogP) is 2.39. The van der Waals surface area contributed by atoms with E-state index in [0.717, 1.165) is 11.9 Å². The molecule has 5 unspecified atom stereocenters. The molecule has 144 valence electrons. The van der Waals surface area contributed by atoms with Crippen molar-refractivity contribution in [1.29, 1.82) is 0 Å². The molecule has 5 nitrogen and oxygen atoms in total. The molecule has 0 bridgehead atoms. The molecule has 3 N–H and O–H groups in total. The van der Waals surface area contributed by atoms with Crippen LogP contribution < -0.4 is 11.1 Å². The number of nitrogens with two attached hydrogens (primary N) is 1. The van der Waals surface area contributed by atoms with E-state index in [0.29, 0.717) is 24.2 Å². The summed E-state index contributed by atoms with van der Waals surface area (Å²) in [7, 11) is 0. The second-order valence-electron chi connectivity index (χ2n) is 7.79. The summed E-state index contributed by atoms with van der Waals surface area (Å²) in [6.45, 7) is 3.36. The second kappa shape index (κ2) is 7.00. The summed E-state index contributed by atoms with van der Waals surface area (Å²) in [6.07, 6.45) is 1.38. The van der Waals surface area contributed by atoms with Crippen LogP contribution in [0.25, 0.3) is 10.9 Å². The lowest BCUT2D eigenvalue weighted by atomic mass is 10.1. The van der Waals surface area contributed by atoms with Crippen LogP contribution in [0.5, 0.6) is 0 Å². The molecule has 5 atom stereocenters. The highest BCUT2D eigenvalue weighted by Crippen LogP contribution is 2.62. The fraction of sp³-hybridized carbons (Fsp3) is 0.500. The van der Waals surface area contributed by atoms with Crippen molar-refractivity contribution < 1.29 is 9.18 Å². The molecule has 4 rings (SSSR count). The summed E-state index contributed by atoms with van der Waals surface area (Å²) >= 11 is 6.78. The quantitative estimate of drug-likeness (QED) is 0.743. The molecule has 0 spiro atoms. The van der Waals surface area contributed by atoms with E-state index in [1.807, 2.05) is 31.2 Å². The highest BCUT2D eigenvalue weighted by Gasteiger charge is 2.72. The standard InChI is InChI=1S/C20H24ClFN4O/c1-12(8-22)10-26-11-16-15(20(16,21)19(26)23)9-25-18(27)14-6-2-4-13-5-3-7-24-17(13)14/h2-7,12,15-16,19H,8-11,23H2,1H3,(H,25,27). The number of amides is 1. The monoisotopic (exact) mass is 390 g/mol. The maximum absolute atomic E-state index is 12.8. The number of rotatable bonds is 6. The first-order valence-corrected chi connectivity index (χ1v) is 9.71. The molecule has 0 radical (unpaired) electrons. The molecule has 2 fully saturated rings. The Balaban J connectivity index is 1.39. The van der Waals surface area contributed by atoms with Crippen LogP contribution in [0.3, 0.4) is 0 Å². The number of nitrogens with zero attached hydrogens (tertiary/aromatic N) is 2. The zero-order valence-corrected chi connectivity index (χ0v) is 16.0. The van der Waals surface area contributed by atoms with E-state index in [1.54, 1.807) is 12.3 Å². The van der Waals surface area contributed by atoms with E-state index in [9.17, 15) is 9.18 Å². The van der Waals surface area contributed by atoms with Gasteiger partial charge in [-0.1, -0.05) is 25.1 Å². The molecular weight excluding hydrogens is 367 g/mol. The highest BCUT2D eigenvalue weighted by molar-refractivity contribution is 6.27. The lowest BCUT2D eigenvalue weighted by Crippen LogP contribution is -2.49. The van der Waals surface area contributed by atoms with Gasteiger partial charge in [0.15, 0.2) is 0 Å². The topological polar surface area (TPSA) is 71.2 Å². The number of benzene rings is 1. The number of halogens is 2. The number of pyridine rings is 1. The molecular formula is C20H24ClFN4O. The fourth-order valence-corrected chi connectivity index (χ4v) is 4.92. The lowest BCUT2D eigenvalue weighted by molar-refractivity contribution is 0.0948. The van der Waals surface area contributed by atoms with Crippen LogP contribution in [0.15, 0.2) is 36.5 Å². The second-order valence-corrected chi connectivity index (χ2v) is 8.44. The summed E-state index contributed by atoms with van der Waals surface area (Å²) in [5, 5.41) is 3.93. The van der Waals surface area contributed by atoms with Gasteiger partial charge in [-0.25, -0.2) is 0 Å². The van der Waals surface area contributed by atoms with Crippen LogP contribution in [0.4, 0.5) is 4.39 Å². The first-order chi connectivity index (χ1) is 13.0. The molecule has 1 saturated carbocycles. The molecule has 27 heavy (non-hydrogen) atoms. The molecule has 1 aliphatic carbocycles. The van der Waals surface area contributed by atoms with Gasteiger partial charge in [0.05, 0.1) is 28.8 Å². The van der Waals surface area contributed by atoms with Gasteiger partial charge in [0.1, 0.15) is 0 Å². The van der Waals surface area contributed by atoms with Crippen LogP contribution in [0, 0.1) is 17.8 Å². The van der Waals surface area contributed by atoms with Gasteiger partial charge in [-0.15, -0.1) is 11.6 Å². The van der Waals surface area contributed by atoms with Gasteiger partial charge in [0.25, 0.3) is 5.91 Å². The van der Waals surface area contributed by atoms with Crippen molar-refractivity contribution in [2.45, 2.75) is 18.0 Å². The van der Waals surface area contributed by atoms with Crippen molar-refractivity contribution in [1.82, 2.24) is 15.2 Å². The number of nitrogens with one attached hydrogen (secondary N) is 1. The molecule has 2 aromatic rings. The Labute approximate surface area is 163 Å². The van der Waals surface area contributed by atoms with Crippen LogP contribution in [0.2, 0.25) is 0 Å². The number of para-hydroxylation sites is 1. The van der Waals surface area contributed by atoms with Gasteiger partial charge in [-0.2, -0.15) is 0 Å². The molecule has 1 aromatic heterocycles. The van der Waals surface area contributed by atoms with Gasteiger partial charge in [0.2, 0.25) is 0 Å². The Bertz CT molecular complexity index is 859. The van der Waals surface area contributed by atoms with Gasteiger partial charge in [-0.05, 0) is 18.1 Å². The minimum Gasteiger partial charge on any atom is -0.352 e. The van der Waals surface area contributed by atoms with Crippen molar-refractivity contribution >= 4 is 28.4 Å². The Morgan fingerprint density at radius 3 is 2.96 bits per heavy atom. The zero-order valence-electron chi connectivity index (χ0n) is 15.2. The summed E-state index contributed by atoms with van der Waals surface area (Å²) < 4.78 is 12.8. The fourth-order valence-electron chi connectivity index (χ4n) is 4.40. The summed E-state index contributed by atoms with van der Waals surface area (Å²) in [5.41, 5.74) is 7.58. The van der Waals surface area contributed by atoms with E-state index in [-0.39, 0.29) is 36.5 Å². The molecule has 1 saturated heterocycles. The Morgan fingerprint density at radius 2 is 2.26 bits per heavy atom. The SMILES string of the molecule is CC(CF)CN1CC2C(CNC(=O)c3cccc4cccnc34)C2(Cl)C1N. The van der Waals surface area contributed by atoms with Crippen molar-refractivity contribution in [3.63, 3.8) is 0 Å². The number of fused-ring (bicyclic) bond motifs is 2.